The molecule has 0 radical (unpaired) electrons. The summed E-state index contributed by atoms with van der Waals surface area (Å²) >= 11 is 0. The molecule has 6 heteroatoms. The van der Waals surface area contributed by atoms with Crippen molar-refractivity contribution >= 4 is 5.91 Å². The van der Waals surface area contributed by atoms with E-state index in [-0.39, 0.29) is 11.9 Å². The molecule has 4 rings (SSSR count). The van der Waals surface area contributed by atoms with E-state index in [9.17, 15) is 14.4 Å². The molecule has 1 fully saturated rings. The summed E-state index contributed by atoms with van der Waals surface area (Å²) in [5, 5.41) is 9.17. The summed E-state index contributed by atoms with van der Waals surface area (Å²) in [5.41, 5.74) is 1.94. The first-order valence-electron chi connectivity index (χ1n) is 6.29. The molecule has 98 valence electrons. The van der Waals surface area contributed by atoms with Gasteiger partial charge in [0.1, 0.15) is 18.2 Å². The Morgan fingerprint density at radius 1 is 1.45 bits per heavy atom. The van der Waals surface area contributed by atoms with E-state index in [0.717, 1.165) is 12.1 Å². The lowest BCUT2D eigenvalue weighted by molar-refractivity contribution is 0.0459. The van der Waals surface area contributed by atoms with Crippen molar-refractivity contribution in [2.24, 2.45) is 0 Å². The van der Waals surface area contributed by atoms with Crippen molar-refractivity contribution in [2.45, 2.75) is 12.5 Å². The number of carbonyl (C=O) groups excluding carboxylic acids is 1. The highest BCUT2D eigenvalue weighted by Gasteiger charge is 2.41. The number of hydrogen-bond donors (Lipinski definition) is 0. The number of nitrogens with zero attached hydrogens (tertiary/aromatic N) is 4. The zero-order valence-electron chi connectivity index (χ0n) is 10.4. The molecule has 0 N–H and O–H groups in total. The fourth-order valence-corrected chi connectivity index (χ4v) is 2.91. The molecule has 1 saturated heterocycles. The topological polar surface area (TPSA) is 61.9 Å². The number of fused-ring (bicyclic) bond motifs is 5. The van der Waals surface area contributed by atoms with Gasteiger partial charge in [-0.15, -0.1) is 0 Å². The number of halogens is 1. The minimum absolute atomic E-state index is 0.143. The van der Waals surface area contributed by atoms with E-state index in [1.54, 1.807) is 15.5 Å². The number of benzene rings is 1. The van der Waals surface area contributed by atoms with Crippen LogP contribution >= 0.6 is 0 Å². The first kappa shape index (κ1) is 11.2. The Bertz CT molecular complexity index is 789. The van der Waals surface area contributed by atoms with E-state index in [2.05, 4.69) is 11.1 Å². The Hall–Kier alpha value is -2.68. The number of nitriles is 1. The second kappa shape index (κ2) is 3.67. The van der Waals surface area contributed by atoms with E-state index in [4.69, 9.17) is 0 Å². The first-order chi connectivity index (χ1) is 9.70. The Labute approximate surface area is 113 Å². The average Bonchev–Trinajstić information content (AvgIpc) is 2.78. The smallest absolute Gasteiger partial charge is 0.256 e. The van der Waals surface area contributed by atoms with Crippen molar-refractivity contribution < 1.29 is 9.18 Å². The normalized spacial score (nSPS) is 19.3. The van der Waals surface area contributed by atoms with Crippen LogP contribution in [0.2, 0.25) is 0 Å². The van der Waals surface area contributed by atoms with Crippen LogP contribution in [0.3, 0.4) is 0 Å². The van der Waals surface area contributed by atoms with Crippen molar-refractivity contribution in [3.05, 3.63) is 47.3 Å². The Morgan fingerprint density at radius 2 is 2.30 bits per heavy atom. The quantitative estimate of drug-likeness (QED) is 0.731. The summed E-state index contributed by atoms with van der Waals surface area (Å²) in [6.45, 7) is 0.621. The Balaban J connectivity index is 2.06. The number of amides is 1. The third-order valence-electron chi connectivity index (χ3n) is 3.96. The van der Waals surface area contributed by atoms with Crippen molar-refractivity contribution in [3.63, 3.8) is 0 Å². The van der Waals surface area contributed by atoms with Crippen molar-refractivity contribution in [3.8, 4) is 11.8 Å². The molecule has 2 aromatic rings. The van der Waals surface area contributed by atoms with Crippen molar-refractivity contribution in [2.75, 3.05) is 6.54 Å². The fraction of sp³-hybridized carbons (Fsp3) is 0.214. The molecule has 0 bridgehead atoms. The van der Waals surface area contributed by atoms with E-state index in [0.29, 0.717) is 23.5 Å². The van der Waals surface area contributed by atoms with Crippen LogP contribution < -0.4 is 0 Å². The predicted octanol–water partition coefficient (Wildman–Crippen LogP) is 1.78. The fourth-order valence-electron chi connectivity index (χ4n) is 2.91. The van der Waals surface area contributed by atoms with Gasteiger partial charge in [0.25, 0.3) is 5.91 Å². The maximum atomic E-state index is 13.4. The van der Waals surface area contributed by atoms with Crippen LogP contribution in [0.5, 0.6) is 0 Å². The van der Waals surface area contributed by atoms with E-state index >= 15 is 0 Å². The number of carbonyl (C=O) groups is 1. The number of rotatable bonds is 0. The molecule has 1 amide bonds. The Kier molecular flexibility index (Phi) is 2.05. The van der Waals surface area contributed by atoms with E-state index < -0.39 is 5.82 Å². The molecule has 0 aliphatic carbocycles. The minimum atomic E-state index is -0.446. The van der Waals surface area contributed by atoms with Crippen LogP contribution in [0.1, 0.15) is 34.2 Å². The van der Waals surface area contributed by atoms with Gasteiger partial charge in [0, 0.05) is 6.54 Å². The molecular formula is C14H9FN4O. The van der Waals surface area contributed by atoms with Gasteiger partial charge in [0.05, 0.1) is 23.0 Å². The van der Waals surface area contributed by atoms with Gasteiger partial charge in [-0.05, 0) is 24.6 Å². The highest BCUT2D eigenvalue weighted by atomic mass is 19.1. The second-order valence-corrected chi connectivity index (χ2v) is 4.92. The number of hydrogen-bond acceptors (Lipinski definition) is 3. The van der Waals surface area contributed by atoms with Crippen molar-refractivity contribution in [1.82, 2.24) is 14.5 Å². The van der Waals surface area contributed by atoms with Gasteiger partial charge in [-0.2, -0.15) is 5.26 Å². The average molecular weight is 268 g/mol. The maximum Gasteiger partial charge on any atom is 0.256 e. The lowest BCUT2D eigenvalue weighted by Crippen LogP contribution is -2.44. The summed E-state index contributed by atoms with van der Waals surface area (Å²) in [4.78, 5) is 18.2. The lowest BCUT2D eigenvalue weighted by atomic mass is 9.98. The number of aromatic nitrogens is 2. The summed E-state index contributed by atoms with van der Waals surface area (Å²) in [6, 6.07) is 6.03. The molecule has 2 aliphatic heterocycles. The molecule has 3 heterocycles. The molecule has 0 spiro atoms. The van der Waals surface area contributed by atoms with Crippen LogP contribution in [0.15, 0.2) is 24.5 Å². The van der Waals surface area contributed by atoms with Crippen LogP contribution in [0, 0.1) is 17.1 Å². The standard InChI is InChI=1S/C14H9FN4O/c15-8-1-2-11-9(5-8)14(20)18-4-3-12(18)13-10(6-16)17-7-19(11)13/h1-2,5,7,12H,3-4H2/t12-/m0/s1. The molecule has 0 unspecified atom stereocenters. The van der Waals surface area contributed by atoms with E-state index in [1.807, 2.05) is 0 Å². The van der Waals surface area contributed by atoms with E-state index in [1.165, 1.54) is 18.5 Å². The molecular weight excluding hydrogens is 259 g/mol. The SMILES string of the molecule is N#Cc1ncn2c1[C@@H]1CCN1C(=O)c1cc(F)ccc1-2. The van der Waals surface area contributed by atoms with Gasteiger partial charge < -0.3 is 4.90 Å². The van der Waals surface area contributed by atoms with Crippen LogP contribution in [-0.2, 0) is 0 Å². The molecule has 2 aliphatic rings. The van der Waals surface area contributed by atoms with Gasteiger partial charge in [0.2, 0.25) is 0 Å². The zero-order valence-corrected chi connectivity index (χ0v) is 10.4. The minimum Gasteiger partial charge on any atom is -0.330 e. The zero-order chi connectivity index (χ0) is 13.9. The summed E-state index contributed by atoms with van der Waals surface area (Å²) in [6.07, 6.45) is 2.32. The van der Waals surface area contributed by atoms with Crippen LogP contribution in [0.25, 0.3) is 5.69 Å². The largest absolute Gasteiger partial charge is 0.330 e. The van der Waals surface area contributed by atoms with Gasteiger partial charge in [-0.3, -0.25) is 9.36 Å². The molecule has 0 saturated carbocycles. The van der Waals surface area contributed by atoms with Crippen LogP contribution in [-0.4, -0.2) is 26.9 Å². The Morgan fingerprint density at radius 3 is 3.00 bits per heavy atom. The van der Waals surface area contributed by atoms with Gasteiger partial charge in [-0.25, -0.2) is 9.37 Å². The second-order valence-electron chi connectivity index (χ2n) is 4.92. The third kappa shape index (κ3) is 1.24. The monoisotopic (exact) mass is 268 g/mol. The van der Waals surface area contributed by atoms with Gasteiger partial charge in [-0.1, -0.05) is 0 Å². The van der Waals surface area contributed by atoms with Gasteiger partial charge in [0.15, 0.2) is 5.69 Å². The third-order valence-corrected chi connectivity index (χ3v) is 3.96. The molecule has 1 aromatic carbocycles. The molecule has 1 atom stereocenters. The maximum absolute atomic E-state index is 13.4. The van der Waals surface area contributed by atoms with Crippen molar-refractivity contribution in [1.29, 1.82) is 5.26 Å². The number of imidazole rings is 1. The summed E-state index contributed by atoms with van der Waals surface area (Å²) < 4.78 is 15.2. The molecule has 5 nitrogen and oxygen atoms in total. The van der Waals surface area contributed by atoms with Gasteiger partial charge >= 0.3 is 0 Å². The summed E-state index contributed by atoms with van der Waals surface area (Å²) in [5.74, 6) is -0.637. The summed E-state index contributed by atoms with van der Waals surface area (Å²) in [7, 11) is 0. The lowest BCUT2D eigenvalue weighted by Gasteiger charge is -2.39. The predicted molar refractivity (Wildman–Crippen MR) is 66.6 cm³/mol. The highest BCUT2D eigenvalue weighted by Crippen LogP contribution is 2.40. The highest BCUT2D eigenvalue weighted by molar-refractivity contribution is 5.99. The van der Waals surface area contributed by atoms with Crippen LogP contribution in [0.4, 0.5) is 4.39 Å². The molecule has 1 aromatic heterocycles. The first-order valence-corrected chi connectivity index (χ1v) is 6.29. The molecule has 20 heavy (non-hydrogen) atoms.